The van der Waals surface area contributed by atoms with Gasteiger partial charge in [0.2, 0.25) is 10.0 Å². The maximum absolute atomic E-state index is 12.9. The molecule has 0 aliphatic heterocycles. The van der Waals surface area contributed by atoms with Crippen LogP contribution in [0.4, 0.5) is 17.1 Å². The van der Waals surface area contributed by atoms with Gasteiger partial charge in [-0.2, -0.15) is 0 Å². The summed E-state index contributed by atoms with van der Waals surface area (Å²) in [6.45, 7) is 3.69. The molecule has 0 saturated heterocycles. The van der Waals surface area contributed by atoms with E-state index in [0.717, 1.165) is 11.4 Å². The highest BCUT2D eigenvalue weighted by Gasteiger charge is 2.16. The van der Waals surface area contributed by atoms with Crippen LogP contribution in [0.2, 0.25) is 0 Å². The highest BCUT2D eigenvalue weighted by Crippen LogP contribution is 2.27. The minimum Gasteiger partial charge on any atom is -0.344 e. The number of nitrogens with zero attached hydrogens (tertiary/aromatic N) is 1. The molecule has 0 bridgehead atoms. The number of anilines is 3. The quantitative estimate of drug-likeness (QED) is 0.491. The lowest BCUT2D eigenvalue weighted by molar-refractivity contribution is 0.102. The third-order valence-corrected chi connectivity index (χ3v) is 5.99. The van der Waals surface area contributed by atoms with Crippen LogP contribution in [0.15, 0.2) is 91.5 Å². The molecule has 3 aromatic rings. The molecule has 0 unspecified atom stereocenters. The van der Waals surface area contributed by atoms with Crippen LogP contribution in [0.1, 0.15) is 15.9 Å². The molecule has 0 heterocycles. The predicted molar refractivity (Wildman–Crippen MR) is 126 cm³/mol. The van der Waals surface area contributed by atoms with Gasteiger partial charge >= 0.3 is 0 Å². The molecule has 6 nitrogen and oxygen atoms in total. The van der Waals surface area contributed by atoms with E-state index in [0.29, 0.717) is 16.8 Å². The van der Waals surface area contributed by atoms with Crippen LogP contribution in [0.3, 0.4) is 0 Å². The molecule has 0 fully saturated rings. The number of carbonyl (C=O) groups is 1. The van der Waals surface area contributed by atoms with Gasteiger partial charge in [0, 0.05) is 25.0 Å². The molecule has 1 amide bonds. The molecule has 7 heteroatoms. The van der Waals surface area contributed by atoms with Crippen molar-refractivity contribution in [2.45, 2.75) is 5.75 Å². The van der Waals surface area contributed by atoms with Gasteiger partial charge in [-0.1, -0.05) is 48.5 Å². The summed E-state index contributed by atoms with van der Waals surface area (Å²) in [4.78, 5) is 14.9. The summed E-state index contributed by atoms with van der Waals surface area (Å²) < 4.78 is 26.4. The van der Waals surface area contributed by atoms with Crippen molar-refractivity contribution in [2.75, 3.05) is 23.8 Å². The van der Waals surface area contributed by atoms with E-state index in [-0.39, 0.29) is 18.2 Å². The fourth-order valence-corrected chi connectivity index (χ4v) is 4.19. The lowest BCUT2D eigenvalue weighted by Gasteiger charge is -2.22. The highest BCUT2D eigenvalue weighted by atomic mass is 32.2. The van der Waals surface area contributed by atoms with Gasteiger partial charge in [0.15, 0.2) is 0 Å². The molecular formula is C24H25N3O3S. The zero-order valence-electron chi connectivity index (χ0n) is 17.3. The summed E-state index contributed by atoms with van der Waals surface area (Å²) in [7, 11) is -1.52. The van der Waals surface area contributed by atoms with E-state index in [1.165, 1.54) is 6.08 Å². The van der Waals surface area contributed by atoms with E-state index in [1.807, 2.05) is 60.5 Å². The first kappa shape index (κ1) is 22.3. The van der Waals surface area contributed by atoms with E-state index < -0.39 is 10.0 Å². The number of hydrogen-bond donors (Lipinski definition) is 2. The summed E-state index contributed by atoms with van der Waals surface area (Å²) in [5.41, 5.74) is 3.50. The molecule has 0 spiro atoms. The van der Waals surface area contributed by atoms with Crippen LogP contribution in [0.25, 0.3) is 0 Å². The SMILES string of the molecule is C=CCNS(=O)(=O)Cc1ccc(NC(=O)c2ccccc2N(C)c2ccccc2)cc1. The van der Waals surface area contributed by atoms with Crippen molar-refractivity contribution in [3.05, 3.63) is 103 Å². The Bertz CT molecular complexity index is 1140. The zero-order valence-corrected chi connectivity index (χ0v) is 18.1. The Labute approximate surface area is 183 Å². The van der Waals surface area contributed by atoms with Gasteiger partial charge in [0.25, 0.3) is 5.91 Å². The molecule has 3 aromatic carbocycles. The summed E-state index contributed by atoms with van der Waals surface area (Å²) in [6.07, 6.45) is 1.49. The van der Waals surface area contributed by atoms with E-state index in [9.17, 15) is 13.2 Å². The normalized spacial score (nSPS) is 11.0. The summed E-state index contributed by atoms with van der Waals surface area (Å²) >= 11 is 0. The largest absolute Gasteiger partial charge is 0.344 e. The average molecular weight is 436 g/mol. The minimum absolute atomic E-state index is 0.139. The van der Waals surface area contributed by atoms with E-state index in [2.05, 4.69) is 16.6 Å². The lowest BCUT2D eigenvalue weighted by Crippen LogP contribution is -2.25. The number of hydrogen-bond acceptors (Lipinski definition) is 4. The molecule has 0 atom stereocenters. The lowest BCUT2D eigenvalue weighted by atomic mass is 10.1. The van der Waals surface area contributed by atoms with Crippen molar-refractivity contribution in [3.63, 3.8) is 0 Å². The standard InChI is InChI=1S/C24H25N3O3S/c1-3-17-25-31(29,30)18-19-13-15-20(16-14-19)26-24(28)22-11-7-8-12-23(22)27(2)21-9-5-4-6-10-21/h3-16,25H,1,17-18H2,2H3,(H,26,28). The van der Waals surface area contributed by atoms with Crippen LogP contribution in [0, 0.1) is 0 Å². The van der Waals surface area contributed by atoms with Gasteiger partial charge in [-0.15, -0.1) is 6.58 Å². The average Bonchev–Trinajstić information content (AvgIpc) is 2.79. The first-order valence-corrected chi connectivity index (χ1v) is 11.4. The maximum Gasteiger partial charge on any atom is 0.257 e. The van der Waals surface area contributed by atoms with Gasteiger partial charge in [-0.25, -0.2) is 13.1 Å². The molecule has 3 rings (SSSR count). The maximum atomic E-state index is 12.9. The van der Waals surface area contributed by atoms with E-state index in [1.54, 1.807) is 30.3 Å². The number of nitrogens with one attached hydrogen (secondary N) is 2. The van der Waals surface area contributed by atoms with Gasteiger partial charge in [-0.05, 0) is 42.0 Å². The summed E-state index contributed by atoms with van der Waals surface area (Å²) in [6, 6.07) is 23.9. The first-order valence-electron chi connectivity index (χ1n) is 9.76. The summed E-state index contributed by atoms with van der Waals surface area (Å²) in [5.74, 6) is -0.383. The Kier molecular flexibility index (Phi) is 7.23. The fraction of sp³-hybridized carbons (Fsp3) is 0.125. The van der Waals surface area contributed by atoms with Crippen LogP contribution in [0.5, 0.6) is 0 Å². The second-order valence-corrected chi connectivity index (χ2v) is 8.77. The Morgan fingerprint density at radius 1 is 0.968 bits per heavy atom. The van der Waals surface area contributed by atoms with Gasteiger partial charge in [-0.3, -0.25) is 4.79 Å². The van der Waals surface area contributed by atoms with Crippen LogP contribution >= 0.6 is 0 Å². The number of carbonyl (C=O) groups excluding carboxylic acids is 1. The van der Waals surface area contributed by atoms with Crippen molar-refractivity contribution >= 4 is 33.0 Å². The van der Waals surface area contributed by atoms with Crippen LogP contribution in [-0.2, 0) is 15.8 Å². The smallest absolute Gasteiger partial charge is 0.257 e. The number of sulfonamides is 1. The Morgan fingerprint density at radius 2 is 1.61 bits per heavy atom. The molecule has 160 valence electrons. The number of benzene rings is 3. The molecule has 0 radical (unpaired) electrons. The number of para-hydroxylation sites is 2. The van der Waals surface area contributed by atoms with Crippen molar-refractivity contribution in [2.24, 2.45) is 0 Å². The topological polar surface area (TPSA) is 78.5 Å². The molecule has 31 heavy (non-hydrogen) atoms. The van der Waals surface area contributed by atoms with Crippen LogP contribution in [-0.4, -0.2) is 27.9 Å². The van der Waals surface area contributed by atoms with Crippen molar-refractivity contribution in [1.29, 1.82) is 0 Å². The molecule has 0 aromatic heterocycles. The molecule has 0 saturated carbocycles. The predicted octanol–water partition coefficient (Wildman–Crippen LogP) is 4.31. The van der Waals surface area contributed by atoms with Crippen molar-refractivity contribution in [1.82, 2.24) is 4.72 Å². The van der Waals surface area contributed by atoms with Crippen molar-refractivity contribution < 1.29 is 13.2 Å². The molecule has 2 N–H and O–H groups in total. The van der Waals surface area contributed by atoms with Crippen LogP contribution < -0.4 is 14.9 Å². The monoisotopic (exact) mass is 435 g/mol. The minimum atomic E-state index is -3.43. The summed E-state index contributed by atoms with van der Waals surface area (Å²) in [5, 5.41) is 2.89. The van der Waals surface area contributed by atoms with Gasteiger partial charge in [0.1, 0.15) is 0 Å². The third kappa shape index (κ3) is 6.04. The second kappa shape index (κ2) is 10.1. The van der Waals surface area contributed by atoms with Gasteiger partial charge < -0.3 is 10.2 Å². The molecule has 0 aliphatic carbocycles. The highest BCUT2D eigenvalue weighted by molar-refractivity contribution is 7.88. The number of rotatable bonds is 9. The Hall–Kier alpha value is -3.42. The molecule has 0 aliphatic rings. The number of amides is 1. The first-order chi connectivity index (χ1) is 14.9. The van der Waals surface area contributed by atoms with Crippen molar-refractivity contribution in [3.8, 4) is 0 Å². The third-order valence-electron chi connectivity index (χ3n) is 4.67. The Balaban J connectivity index is 1.73. The van der Waals surface area contributed by atoms with E-state index in [4.69, 9.17) is 0 Å². The Morgan fingerprint density at radius 3 is 2.29 bits per heavy atom. The van der Waals surface area contributed by atoms with Gasteiger partial charge in [0.05, 0.1) is 17.0 Å². The zero-order chi connectivity index (χ0) is 22.3. The molecular weight excluding hydrogens is 410 g/mol. The van der Waals surface area contributed by atoms with E-state index >= 15 is 0 Å². The second-order valence-electron chi connectivity index (χ2n) is 6.96. The fourth-order valence-electron chi connectivity index (χ4n) is 3.09.